The predicted molar refractivity (Wildman–Crippen MR) is 63.4 cm³/mol. The fourth-order valence-electron chi connectivity index (χ4n) is 1.27. The van der Waals surface area contributed by atoms with Gasteiger partial charge in [0.1, 0.15) is 5.75 Å². The van der Waals surface area contributed by atoms with Crippen LogP contribution < -0.4 is 11.1 Å². The number of phenols is 1. The third-order valence-electron chi connectivity index (χ3n) is 2.17. The Morgan fingerprint density at radius 3 is 2.94 bits per heavy atom. The minimum absolute atomic E-state index is 0.0304. The van der Waals surface area contributed by atoms with Crippen molar-refractivity contribution in [3.8, 4) is 5.75 Å². The zero-order valence-corrected chi connectivity index (χ0v) is 9.23. The first kappa shape index (κ1) is 12.3. The van der Waals surface area contributed by atoms with Crippen LogP contribution in [0.25, 0.3) is 0 Å². The molecule has 4 N–H and O–H groups in total. The standard InChI is InChI=1S/C12H16N2O2/c1-9-5-4-6-10(11(9)15)12(16)14-8-3-2-7-13/h2-6,15H,7-8,13H2,1H3,(H,14,16)/b3-2+. The number of para-hydroxylation sites is 1. The fraction of sp³-hybridized carbons (Fsp3) is 0.250. The first-order valence-corrected chi connectivity index (χ1v) is 5.08. The number of aromatic hydroxyl groups is 1. The molecule has 16 heavy (non-hydrogen) atoms. The maximum absolute atomic E-state index is 11.6. The van der Waals surface area contributed by atoms with Crippen LogP contribution in [0.5, 0.6) is 5.75 Å². The largest absolute Gasteiger partial charge is 0.507 e. The fourth-order valence-corrected chi connectivity index (χ4v) is 1.27. The lowest BCUT2D eigenvalue weighted by Crippen LogP contribution is -2.23. The quantitative estimate of drug-likeness (QED) is 0.661. The average Bonchev–Trinajstić information content (AvgIpc) is 2.28. The lowest BCUT2D eigenvalue weighted by Gasteiger charge is -2.06. The minimum Gasteiger partial charge on any atom is -0.507 e. The van der Waals surface area contributed by atoms with Gasteiger partial charge >= 0.3 is 0 Å². The van der Waals surface area contributed by atoms with Crippen molar-refractivity contribution >= 4 is 5.91 Å². The van der Waals surface area contributed by atoms with Crippen molar-refractivity contribution in [1.82, 2.24) is 5.32 Å². The molecule has 0 atom stereocenters. The molecule has 0 radical (unpaired) electrons. The first-order chi connectivity index (χ1) is 7.66. The number of carbonyl (C=O) groups is 1. The van der Waals surface area contributed by atoms with E-state index in [4.69, 9.17) is 5.73 Å². The van der Waals surface area contributed by atoms with Gasteiger partial charge in [0.15, 0.2) is 0 Å². The Morgan fingerprint density at radius 1 is 1.50 bits per heavy atom. The molecular formula is C12H16N2O2. The number of carbonyl (C=O) groups excluding carboxylic acids is 1. The highest BCUT2D eigenvalue weighted by Gasteiger charge is 2.10. The molecule has 1 aromatic carbocycles. The highest BCUT2D eigenvalue weighted by Crippen LogP contribution is 2.20. The minimum atomic E-state index is -0.289. The van der Waals surface area contributed by atoms with E-state index in [1.165, 1.54) is 0 Å². The second-order valence-electron chi connectivity index (χ2n) is 3.39. The number of benzene rings is 1. The number of nitrogens with one attached hydrogen (secondary N) is 1. The average molecular weight is 220 g/mol. The summed E-state index contributed by atoms with van der Waals surface area (Å²) in [5, 5.41) is 12.3. The summed E-state index contributed by atoms with van der Waals surface area (Å²) < 4.78 is 0. The van der Waals surface area contributed by atoms with Gasteiger partial charge in [0.2, 0.25) is 0 Å². The SMILES string of the molecule is Cc1cccc(C(=O)NC/C=C/CN)c1O. The van der Waals surface area contributed by atoms with Crippen LogP contribution in [0.2, 0.25) is 0 Å². The number of hydrogen-bond acceptors (Lipinski definition) is 3. The van der Waals surface area contributed by atoms with Gasteiger partial charge in [-0.05, 0) is 18.6 Å². The second kappa shape index (κ2) is 5.92. The van der Waals surface area contributed by atoms with Gasteiger partial charge in [-0.2, -0.15) is 0 Å². The molecule has 4 nitrogen and oxygen atoms in total. The number of phenolic OH excluding ortho intramolecular Hbond substituents is 1. The molecule has 4 heteroatoms. The molecule has 0 spiro atoms. The lowest BCUT2D eigenvalue weighted by molar-refractivity contribution is 0.0955. The molecule has 1 amide bonds. The maximum atomic E-state index is 11.6. The highest BCUT2D eigenvalue weighted by atomic mass is 16.3. The van der Waals surface area contributed by atoms with Gasteiger partial charge in [-0.3, -0.25) is 4.79 Å². The topological polar surface area (TPSA) is 75.4 Å². The van der Waals surface area contributed by atoms with Crippen molar-refractivity contribution in [3.05, 3.63) is 41.5 Å². The van der Waals surface area contributed by atoms with E-state index in [9.17, 15) is 9.90 Å². The monoisotopic (exact) mass is 220 g/mol. The summed E-state index contributed by atoms with van der Waals surface area (Å²) in [6.45, 7) is 2.61. The second-order valence-corrected chi connectivity index (χ2v) is 3.39. The molecule has 0 aliphatic rings. The van der Waals surface area contributed by atoms with Gasteiger partial charge in [-0.25, -0.2) is 0 Å². The lowest BCUT2D eigenvalue weighted by atomic mass is 10.1. The van der Waals surface area contributed by atoms with Gasteiger partial charge in [-0.1, -0.05) is 24.3 Å². The Kier molecular flexibility index (Phi) is 4.54. The predicted octanol–water partition coefficient (Wildman–Crippen LogP) is 0.945. The number of rotatable bonds is 4. The van der Waals surface area contributed by atoms with Gasteiger partial charge in [0, 0.05) is 13.1 Å². The number of aryl methyl sites for hydroxylation is 1. The Bertz CT molecular complexity index is 400. The van der Waals surface area contributed by atoms with Crippen molar-refractivity contribution in [3.63, 3.8) is 0 Å². The Labute approximate surface area is 94.8 Å². The van der Waals surface area contributed by atoms with Crippen molar-refractivity contribution in [2.24, 2.45) is 5.73 Å². The van der Waals surface area contributed by atoms with Crippen LogP contribution >= 0.6 is 0 Å². The van der Waals surface area contributed by atoms with Crippen LogP contribution in [-0.4, -0.2) is 24.1 Å². The molecule has 1 aromatic rings. The highest BCUT2D eigenvalue weighted by molar-refractivity contribution is 5.97. The van der Waals surface area contributed by atoms with E-state index < -0.39 is 0 Å². The van der Waals surface area contributed by atoms with E-state index in [2.05, 4.69) is 5.32 Å². The molecule has 0 fully saturated rings. The van der Waals surface area contributed by atoms with Crippen molar-refractivity contribution in [1.29, 1.82) is 0 Å². The number of hydrogen-bond donors (Lipinski definition) is 3. The Balaban J connectivity index is 2.66. The summed E-state index contributed by atoms with van der Waals surface area (Å²) in [7, 11) is 0. The van der Waals surface area contributed by atoms with Gasteiger partial charge in [-0.15, -0.1) is 0 Å². The molecule has 0 bridgehead atoms. The van der Waals surface area contributed by atoms with Gasteiger partial charge < -0.3 is 16.2 Å². The van der Waals surface area contributed by atoms with E-state index in [1.54, 1.807) is 37.3 Å². The van der Waals surface area contributed by atoms with E-state index in [1.807, 2.05) is 0 Å². The number of nitrogens with two attached hydrogens (primary N) is 1. The molecule has 0 aliphatic carbocycles. The maximum Gasteiger partial charge on any atom is 0.255 e. The van der Waals surface area contributed by atoms with Crippen LogP contribution in [0.1, 0.15) is 15.9 Å². The van der Waals surface area contributed by atoms with Crippen LogP contribution in [0.4, 0.5) is 0 Å². The summed E-state index contributed by atoms with van der Waals surface area (Å²) in [6, 6.07) is 5.07. The summed E-state index contributed by atoms with van der Waals surface area (Å²) >= 11 is 0. The zero-order chi connectivity index (χ0) is 12.0. The van der Waals surface area contributed by atoms with E-state index in [0.717, 1.165) is 0 Å². The summed E-state index contributed by atoms with van der Waals surface area (Å²) in [5.74, 6) is -0.259. The number of amides is 1. The van der Waals surface area contributed by atoms with Crippen molar-refractivity contribution in [2.75, 3.05) is 13.1 Å². The van der Waals surface area contributed by atoms with Gasteiger partial charge in [0.05, 0.1) is 5.56 Å². The van der Waals surface area contributed by atoms with E-state index in [-0.39, 0.29) is 11.7 Å². The molecule has 0 heterocycles. The van der Waals surface area contributed by atoms with Crippen molar-refractivity contribution in [2.45, 2.75) is 6.92 Å². The Morgan fingerprint density at radius 2 is 2.25 bits per heavy atom. The van der Waals surface area contributed by atoms with Crippen LogP contribution in [0.3, 0.4) is 0 Å². The molecule has 0 aromatic heterocycles. The van der Waals surface area contributed by atoms with Crippen LogP contribution in [-0.2, 0) is 0 Å². The van der Waals surface area contributed by atoms with E-state index >= 15 is 0 Å². The van der Waals surface area contributed by atoms with Crippen LogP contribution in [0.15, 0.2) is 30.4 Å². The van der Waals surface area contributed by atoms with Crippen molar-refractivity contribution < 1.29 is 9.90 Å². The third-order valence-corrected chi connectivity index (χ3v) is 2.17. The molecule has 0 unspecified atom stereocenters. The first-order valence-electron chi connectivity index (χ1n) is 5.08. The van der Waals surface area contributed by atoms with Gasteiger partial charge in [0.25, 0.3) is 5.91 Å². The molecular weight excluding hydrogens is 204 g/mol. The normalized spacial score (nSPS) is 10.6. The summed E-state index contributed by atoms with van der Waals surface area (Å²) in [5.41, 5.74) is 6.24. The summed E-state index contributed by atoms with van der Waals surface area (Å²) in [6.07, 6.45) is 3.53. The van der Waals surface area contributed by atoms with E-state index in [0.29, 0.717) is 24.2 Å². The Hall–Kier alpha value is -1.81. The molecule has 0 saturated heterocycles. The van der Waals surface area contributed by atoms with Crippen LogP contribution in [0, 0.1) is 6.92 Å². The molecule has 0 saturated carbocycles. The zero-order valence-electron chi connectivity index (χ0n) is 9.23. The molecule has 86 valence electrons. The molecule has 1 rings (SSSR count). The smallest absolute Gasteiger partial charge is 0.255 e. The third kappa shape index (κ3) is 3.10. The molecule has 0 aliphatic heterocycles. The summed E-state index contributed by atoms with van der Waals surface area (Å²) in [4.78, 5) is 11.6.